The molecular weight excluding hydrogens is 1390 g/mol. The number of aromatic hydroxyl groups is 1. The lowest BCUT2D eigenvalue weighted by Gasteiger charge is -2.24. The number of ketones is 6. The number of H-pyrrole nitrogens is 2. The number of nitrogens with zero attached hydrogens (tertiary/aromatic N) is 2. The number of amides is 5. The number of phenolic OH excluding ortho intramolecular Hbond substituents is 1. The second-order valence-electron chi connectivity index (χ2n) is 26.1. The SMILES string of the molecule is CC(=O)C[C@H](CCC(=O)O)C(=O)N[C@H](Cc1cnc[nH]1)C(=O)C[C@@H](C(=O)CCCOCC(=O)C[C@H](CCCCNC(=O)c1ccc(C(=O)O)c(-c2c3ccc(=O)cc-3oc3cc(O)ccc23)c1)C(=O)NCCOCC(=O)C[C@@H](C(=O)N[C@H](Cc1cnc[nH]1)C(=O)C[C@H](CCC(=O)O)C(N)=O)[C@H](C)O)[C@H](C)O. The molecule has 4 aromatic rings. The zero-order chi connectivity index (χ0) is 77.7. The number of carboxylic acids is 3. The van der Waals surface area contributed by atoms with E-state index in [0.717, 1.165) is 0 Å². The number of rotatable bonds is 50. The minimum atomic E-state index is -1.44. The minimum absolute atomic E-state index is 0.0160. The minimum Gasteiger partial charge on any atom is -0.508 e. The van der Waals surface area contributed by atoms with E-state index in [1.54, 1.807) is 0 Å². The quantitative estimate of drug-likeness (QED) is 0.0193. The Morgan fingerprint density at radius 3 is 1.78 bits per heavy atom. The van der Waals surface area contributed by atoms with Crippen LogP contribution in [0.3, 0.4) is 0 Å². The number of carbonyl (C=O) groups is 14. The van der Waals surface area contributed by atoms with Gasteiger partial charge in [-0.2, -0.15) is 0 Å². The molecule has 570 valence electrons. The van der Waals surface area contributed by atoms with Crippen molar-refractivity contribution in [1.82, 2.24) is 41.2 Å². The molecule has 0 radical (unpaired) electrons. The van der Waals surface area contributed by atoms with Crippen LogP contribution in [-0.2, 0) is 79.8 Å². The highest BCUT2D eigenvalue weighted by atomic mass is 16.5. The second kappa shape index (κ2) is 41.5. The summed E-state index contributed by atoms with van der Waals surface area (Å²) in [6.07, 6.45) is -0.844. The number of nitrogens with one attached hydrogen (secondary N) is 6. The number of Topliss-reactive ketones (excluding diaryl/α,β-unsaturated/α-hetero) is 6. The summed E-state index contributed by atoms with van der Waals surface area (Å²) in [7, 11) is 0. The summed E-state index contributed by atoms with van der Waals surface area (Å²) in [5, 5.41) is 71.4. The molecule has 0 fully saturated rings. The van der Waals surface area contributed by atoms with Crippen LogP contribution in [0.15, 0.2) is 88.9 Å². The molecule has 33 heteroatoms. The molecule has 0 saturated carbocycles. The van der Waals surface area contributed by atoms with Crippen molar-refractivity contribution < 1.29 is 112 Å². The number of unbranched alkanes of at least 4 members (excludes halogenated alkanes) is 1. The lowest BCUT2D eigenvalue weighted by Crippen LogP contribution is -2.48. The Bertz CT molecular complexity index is 4130. The number of hydrogen-bond acceptors (Lipinski definition) is 23. The highest BCUT2D eigenvalue weighted by Crippen LogP contribution is 2.42. The monoisotopic (exact) mass is 1480 g/mol. The van der Waals surface area contributed by atoms with Crippen LogP contribution in [0.25, 0.3) is 33.4 Å². The van der Waals surface area contributed by atoms with Gasteiger partial charge in [-0.1, -0.05) is 6.42 Å². The van der Waals surface area contributed by atoms with Crippen LogP contribution < -0.4 is 32.4 Å². The Hall–Kier alpha value is -11.0. The van der Waals surface area contributed by atoms with Crippen molar-refractivity contribution in [2.45, 2.75) is 148 Å². The number of primary amides is 1. The van der Waals surface area contributed by atoms with E-state index < -0.39 is 181 Å². The first-order valence-corrected chi connectivity index (χ1v) is 34.4. The molecule has 3 heterocycles. The normalized spacial score (nSPS) is 13.9. The number of carboxylic acid groups (broad SMARTS) is 3. The Balaban J connectivity index is 1.07. The van der Waals surface area contributed by atoms with Gasteiger partial charge in [-0.15, -0.1) is 0 Å². The molecule has 33 nitrogen and oxygen atoms in total. The summed E-state index contributed by atoms with van der Waals surface area (Å²) in [6, 6.07) is 9.47. The van der Waals surface area contributed by atoms with Crippen molar-refractivity contribution >= 4 is 93.1 Å². The van der Waals surface area contributed by atoms with Crippen LogP contribution in [-0.4, -0.2) is 197 Å². The van der Waals surface area contributed by atoms with Gasteiger partial charge in [-0.3, -0.25) is 62.3 Å². The van der Waals surface area contributed by atoms with Gasteiger partial charge in [0, 0.05) is 160 Å². The molecule has 1 aliphatic heterocycles. The third-order valence-electron chi connectivity index (χ3n) is 17.7. The van der Waals surface area contributed by atoms with Crippen LogP contribution >= 0.6 is 0 Å². The number of fused-ring (bicyclic) bond motifs is 2. The summed E-state index contributed by atoms with van der Waals surface area (Å²) in [4.78, 5) is 208. The van der Waals surface area contributed by atoms with E-state index in [1.807, 2.05) is 0 Å². The fourth-order valence-corrected chi connectivity index (χ4v) is 12.0. The number of aromatic nitrogens is 4. The number of phenols is 1. The van der Waals surface area contributed by atoms with E-state index in [0.29, 0.717) is 27.9 Å². The predicted octanol–water partition coefficient (Wildman–Crippen LogP) is 3.14. The maximum atomic E-state index is 13.9. The first kappa shape index (κ1) is 83.9. The number of imidazole rings is 2. The number of aliphatic hydroxyl groups is 2. The third kappa shape index (κ3) is 26.6. The smallest absolute Gasteiger partial charge is 0.336 e. The number of aromatic carboxylic acids is 1. The maximum Gasteiger partial charge on any atom is 0.336 e. The van der Waals surface area contributed by atoms with Gasteiger partial charge in [0.1, 0.15) is 41.9 Å². The van der Waals surface area contributed by atoms with Crippen molar-refractivity contribution in [2.75, 3.05) is 39.5 Å². The van der Waals surface area contributed by atoms with Crippen molar-refractivity contribution in [2.24, 2.45) is 35.3 Å². The van der Waals surface area contributed by atoms with Crippen LogP contribution in [0.4, 0.5) is 0 Å². The van der Waals surface area contributed by atoms with E-state index in [1.165, 1.54) is 100 Å². The first-order chi connectivity index (χ1) is 50.4. The van der Waals surface area contributed by atoms with Gasteiger partial charge in [-0.25, -0.2) is 14.8 Å². The van der Waals surface area contributed by atoms with Gasteiger partial charge in [-0.05, 0) is 101 Å². The zero-order valence-electron chi connectivity index (χ0n) is 58.8. The van der Waals surface area contributed by atoms with Crippen molar-refractivity contribution in [3.8, 4) is 28.2 Å². The topological polar surface area (TPSA) is 541 Å². The number of aliphatic hydroxyl groups excluding tert-OH is 2. The zero-order valence-corrected chi connectivity index (χ0v) is 58.8. The molecule has 2 aliphatic rings. The number of ether oxygens (including phenoxy) is 2. The number of aliphatic carboxylic acids is 2. The lowest BCUT2D eigenvalue weighted by molar-refractivity contribution is -0.139. The molecule has 0 saturated heterocycles. The largest absolute Gasteiger partial charge is 0.508 e. The van der Waals surface area contributed by atoms with Crippen LogP contribution in [0.1, 0.15) is 143 Å². The average Bonchev–Trinajstić information content (AvgIpc) is 0.832. The van der Waals surface area contributed by atoms with Crippen molar-refractivity contribution in [3.63, 3.8) is 0 Å². The summed E-state index contributed by atoms with van der Waals surface area (Å²) < 4.78 is 17.1. The molecule has 9 atom stereocenters. The third-order valence-corrected chi connectivity index (χ3v) is 17.7. The summed E-state index contributed by atoms with van der Waals surface area (Å²) in [6.45, 7) is 2.08. The van der Waals surface area contributed by atoms with E-state index >= 15 is 0 Å². The average molecular weight is 1480 g/mol. The Morgan fingerprint density at radius 1 is 0.585 bits per heavy atom. The standard InChI is InChI=1S/C73H89N9O24/c1-39(83)23-44(11-18-66(95)96)71(100)81-59(28-47-34-76-38-80-47)62(92)32-55(40(2)84)60(90)8-6-21-104-35-50(88)24-43(7-4-5-19-77-70(99)45-9-14-52(73(102)103)57(25-45)67-53-15-12-48(86)30-63(53)106-64-31-49(87)13-16-54(64)67)69(98)78-20-22-105-36-51(89)29-56(41(3)85)72(101)82-58(27-46-33-75-37-79-46)61(91)26-42(68(74)97)10-17-65(93)94/h9,12-16,25,30-31,33-34,37-38,40-44,55-56,58-59,84-86H,4-8,10-11,17-24,26-29,32,35-36H2,1-3H3,(H2,74,97)(H,75,79)(H,76,80)(H,77,99)(H,78,98)(H,81,100)(H,82,101)(H,93,94)(H,95,96)(H,102,103)/t40-,41-,42-,43-,44-,55+,56+,58+,59+/m0/s1. The molecule has 14 N–H and O–H groups in total. The molecule has 2 aromatic heterocycles. The van der Waals surface area contributed by atoms with Gasteiger partial charge < -0.3 is 86.3 Å². The number of carbonyl (C=O) groups excluding carboxylic acids is 11. The Kier molecular flexibility index (Phi) is 32.8. The van der Waals surface area contributed by atoms with Crippen molar-refractivity contribution in [3.05, 3.63) is 112 Å². The van der Waals surface area contributed by atoms with E-state index in [2.05, 4.69) is 41.2 Å². The second-order valence-corrected chi connectivity index (χ2v) is 26.1. The molecule has 0 unspecified atom stereocenters. The van der Waals surface area contributed by atoms with Gasteiger partial charge in [0.15, 0.2) is 28.6 Å². The fourth-order valence-electron chi connectivity index (χ4n) is 12.0. The van der Waals surface area contributed by atoms with E-state index in [4.69, 9.17) is 24.7 Å². The number of nitrogens with two attached hydrogens (primary N) is 1. The van der Waals surface area contributed by atoms with Crippen molar-refractivity contribution in [1.29, 1.82) is 0 Å². The molecule has 6 rings (SSSR count). The molecule has 5 amide bonds. The highest BCUT2D eigenvalue weighted by molar-refractivity contribution is 6.09. The molecule has 2 aromatic carbocycles. The van der Waals surface area contributed by atoms with E-state index in [-0.39, 0.29) is 136 Å². The summed E-state index contributed by atoms with van der Waals surface area (Å²) in [5.41, 5.74) is 6.64. The predicted molar refractivity (Wildman–Crippen MR) is 374 cm³/mol. The molecule has 106 heavy (non-hydrogen) atoms. The Morgan fingerprint density at radius 2 is 1.19 bits per heavy atom. The van der Waals surface area contributed by atoms with Gasteiger partial charge in [0.2, 0.25) is 23.6 Å². The Labute approximate surface area is 606 Å². The van der Waals surface area contributed by atoms with Crippen LogP contribution in [0, 0.1) is 29.6 Å². The number of benzene rings is 3. The van der Waals surface area contributed by atoms with E-state index in [9.17, 15) is 97.5 Å². The van der Waals surface area contributed by atoms with Gasteiger partial charge in [0.25, 0.3) is 5.91 Å². The number of hydrogen-bond donors (Lipinski definition) is 13. The molecule has 0 spiro atoms. The summed E-state index contributed by atoms with van der Waals surface area (Å²) >= 11 is 0. The molecule has 1 aliphatic carbocycles. The fraction of sp³-hybridized carbons (Fsp3) is 0.466. The first-order valence-electron chi connectivity index (χ1n) is 34.4. The molecule has 0 bridgehead atoms. The van der Waals surface area contributed by atoms with Crippen LogP contribution in [0.2, 0.25) is 0 Å². The lowest BCUT2D eigenvalue weighted by atomic mass is 9.87. The highest BCUT2D eigenvalue weighted by Gasteiger charge is 2.35. The van der Waals surface area contributed by atoms with Gasteiger partial charge >= 0.3 is 17.9 Å². The number of aromatic amines is 2. The maximum absolute atomic E-state index is 13.9. The van der Waals surface area contributed by atoms with Crippen LogP contribution in [0.5, 0.6) is 5.75 Å². The molecular formula is C73H89N9O24. The van der Waals surface area contributed by atoms with Gasteiger partial charge in [0.05, 0.1) is 61.0 Å². The summed E-state index contributed by atoms with van der Waals surface area (Å²) in [5.74, 6) is -17.0.